The monoisotopic (exact) mass is 355 g/mol. The number of phenols is 1. The Morgan fingerprint density at radius 3 is 2.62 bits per heavy atom. The molecule has 2 aromatic carbocycles. The molecule has 2 aromatic rings. The number of rotatable bonds is 6. The Bertz CT molecular complexity index is 846. The second kappa shape index (κ2) is 8.66. The maximum atomic E-state index is 12.2. The number of nitrogens with one attached hydrogen (secondary N) is 2. The molecule has 0 bridgehead atoms. The molecular weight excluding hydrogens is 334 g/mol. The number of amides is 2. The smallest absolute Gasteiger partial charge is 0.275 e. The second-order valence-corrected chi connectivity index (χ2v) is 5.73. The van der Waals surface area contributed by atoms with Gasteiger partial charge in [0.15, 0.2) is 0 Å². The van der Waals surface area contributed by atoms with Gasteiger partial charge in [-0.1, -0.05) is 18.2 Å². The molecule has 0 saturated carbocycles. The quantitative estimate of drug-likeness (QED) is 0.548. The van der Waals surface area contributed by atoms with E-state index in [2.05, 4.69) is 15.8 Å². The molecule has 0 radical (unpaired) electrons. The maximum Gasteiger partial charge on any atom is 0.275 e. The van der Waals surface area contributed by atoms with Gasteiger partial charge in [-0.25, -0.2) is 5.43 Å². The van der Waals surface area contributed by atoms with E-state index >= 15 is 0 Å². The van der Waals surface area contributed by atoms with Crippen LogP contribution in [0.2, 0.25) is 0 Å². The fourth-order valence-electron chi connectivity index (χ4n) is 2.26. The summed E-state index contributed by atoms with van der Waals surface area (Å²) in [6.45, 7) is 3.54. The van der Waals surface area contributed by atoms with Crippen molar-refractivity contribution in [3.63, 3.8) is 0 Å². The lowest BCUT2D eigenvalue weighted by molar-refractivity contribution is -0.115. The topological polar surface area (TPSA) is 100 Å². The largest absolute Gasteiger partial charge is 0.507 e. The number of hydrogen-bond donors (Lipinski definition) is 3. The van der Waals surface area contributed by atoms with Crippen LogP contribution in [0.1, 0.15) is 29.3 Å². The minimum absolute atomic E-state index is 0.00184. The molecule has 3 N–H and O–H groups in total. The zero-order valence-corrected chi connectivity index (χ0v) is 14.9. The molecule has 0 unspecified atom stereocenters. The van der Waals surface area contributed by atoms with Crippen molar-refractivity contribution >= 4 is 23.2 Å². The molecule has 0 aliphatic carbocycles. The van der Waals surface area contributed by atoms with Crippen molar-refractivity contribution < 1.29 is 19.4 Å². The van der Waals surface area contributed by atoms with E-state index in [4.69, 9.17) is 4.74 Å². The zero-order chi connectivity index (χ0) is 19.1. The highest BCUT2D eigenvalue weighted by atomic mass is 16.5. The van der Waals surface area contributed by atoms with Crippen LogP contribution in [0.15, 0.2) is 47.6 Å². The van der Waals surface area contributed by atoms with Crippen LogP contribution in [0.5, 0.6) is 11.5 Å². The molecule has 0 saturated heterocycles. The van der Waals surface area contributed by atoms with Crippen LogP contribution in [0.3, 0.4) is 0 Å². The molecule has 7 nitrogen and oxygen atoms in total. The molecule has 0 fully saturated rings. The molecule has 0 atom stereocenters. The van der Waals surface area contributed by atoms with Crippen LogP contribution in [-0.4, -0.2) is 29.7 Å². The van der Waals surface area contributed by atoms with Crippen molar-refractivity contribution in [2.24, 2.45) is 5.10 Å². The van der Waals surface area contributed by atoms with Gasteiger partial charge < -0.3 is 15.2 Å². The van der Waals surface area contributed by atoms with Crippen molar-refractivity contribution in [3.05, 3.63) is 53.6 Å². The summed E-state index contributed by atoms with van der Waals surface area (Å²) in [5.41, 5.74) is 4.41. The molecule has 0 heterocycles. The minimum atomic E-state index is -0.553. The molecule has 0 aliphatic rings. The first-order valence-corrected chi connectivity index (χ1v) is 7.96. The van der Waals surface area contributed by atoms with Crippen molar-refractivity contribution in [3.8, 4) is 11.5 Å². The zero-order valence-electron chi connectivity index (χ0n) is 14.9. The van der Waals surface area contributed by atoms with Gasteiger partial charge in [0.25, 0.3) is 5.91 Å². The van der Waals surface area contributed by atoms with E-state index in [0.29, 0.717) is 17.1 Å². The lowest BCUT2D eigenvalue weighted by atomic mass is 10.2. The molecule has 136 valence electrons. The number of methoxy groups -OCH3 is 1. The standard InChI is InChI=1S/C19H21N3O4/c1-12-8-9-17(26-3)15(10-12)20-18(24)11-13(2)21-22-19(25)14-6-4-5-7-16(14)23/h4-10,23H,11H2,1-3H3,(H,20,24)(H,22,25)/b21-13+. The van der Waals surface area contributed by atoms with Gasteiger partial charge in [-0.2, -0.15) is 5.10 Å². The Kier molecular flexibility index (Phi) is 6.32. The first kappa shape index (κ1) is 19.0. The van der Waals surface area contributed by atoms with Crippen molar-refractivity contribution in [2.45, 2.75) is 20.3 Å². The van der Waals surface area contributed by atoms with E-state index in [9.17, 15) is 14.7 Å². The molecule has 0 aliphatic heterocycles. The molecular formula is C19H21N3O4. The van der Waals surface area contributed by atoms with Crippen LogP contribution in [0.4, 0.5) is 5.69 Å². The third-order valence-corrected chi connectivity index (χ3v) is 3.54. The van der Waals surface area contributed by atoms with Crippen LogP contribution < -0.4 is 15.5 Å². The van der Waals surface area contributed by atoms with Crippen LogP contribution >= 0.6 is 0 Å². The lowest BCUT2D eigenvalue weighted by Gasteiger charge is -2.11. The van der Waals surface area contributed by atoms with Crippen LogP contribution in [0, 0.1) is 6.92 Å². The summed E-state index contributed by atoms with van der Waals surface area (Å²) in [5.74, 6) is -0.413. The van der Waals surface area contributed by atoms with Gasteiger partial charge >= 0.3 is 0 Å². The Balaban J connectivity index is 1.96. The number of anilines is 1. The summed E-state index contributed by atoms with van der Waals surface area (Å²) in [7, 11) is 1.53. The highest BCUT2D eigenvalue weighted by Gasteiger charge is 2.11. The van der Waals surface area contributed by atoms with Gasteiger partial charge in [0.05, 0.1) is 24.8 Å². The van der Waals surface area contributed by atoms with Gasteiger partial charge in [-0.15, -0.1) is 0 Å². The van der Waals surface area contributed by atoms with Crippen molar-refractivity contribution in [1.82, 2.24) is 5.43 Å². The molecule has 2 amide bonds. The Morgan fingerprint density at radius 1 is 1.19 bits per heavy atom. The number of nitrogens with zero attached hydrogens (tertiary/aromatic N) is 1. The maximum absolute atomic E-state index is 12.2. The third kappa shape index (κ3) is 5.07. The Morgan fingerprint density at radius 2 is 1.92 bits per heavy atom. The van der Waals surface area contributed by atoms with Crippen molar-refractivity contribution in [1.29, 1.82) is 0 Å². The lowest BCUT2D eigenvalue weighted by Crippen LogP contribution is -2.21. The van der Waals surface area contributed by atoms with E-state index < -0.39 is 5.91 Å². The van der Waals surface area contributed by atoms with Crippen LogP contribution in [-0.2, 0) is 4.79 Å². The Labute approximate surface area is 151 Å². The number of carbonyl (C=O) groups excluding carboxylic acids is 2. The highest BCUT2D eigenvalue weighted by molar-refractivity contribution is 6.06. The number of aryl methyl sites for hydroxylation is 1. The summed E-state index contributed by atoms with van der Waals surface area (Å²) in [6.07, 6.45) is -0.00184. The molecule has 26 heavy (non-hydrogen) atoms. The first-order valence-electron chi connectivity index (χ1n) is 7.96. The number of benzene rings is 2. The van der Waals surface area contributed by atoms with Crippen molar-refractivity contribution in [2.75, 3.05) is 12.4 Å². The fourth-order valence-corrected chi connectivity index (χ4v) is 2.26. The summed E-state index contributed by atoms with van der Waals surface area (Å²) >= 11 is 0. The van der Waals surface area contributed by atoms with Crippen LogP contribution in [0.25, 0.3) is 0 Å². The minimum Gasteiger partial charge on any atom is -0.507 e. The normalized spacial score (nSPS) is 11.0. The van der Waals surface area contributed by atoms with E-state index in [1.165, 1.54) is 19.2 Å². The number of carbonyl (C=O) groups is 2. The number of aromatic hydroxyl groups is 1. The summed E-state index contributed by atoms with van der Waals surface area (Å²) in [6, 6.07) is 11.6. The van der Waals surface area contributed by atoms with Gasteiger partial charge in [-0.05, 0) is 43.7 Å². The predicted octanol–water partition coefficient (Wildman–Crippen LogP) is 2.84. The number of hydrazone groups is 1. The number of ether oxygens (including phenoxy) is 1. The SMILES string of the molecule is COc1ccc(C)cc1NC(=O)C/C(C)=N/NC(=O)c1ccccc1O. The number of phenolic OH excluding ortho intramolecular Hbond substituents is 1. The molecule has 7 heteroatoms. The summed E-state index contributed by atoms with van der Waals surface area (Å²) < 4.78 is 5.22. The molecule has 2 rings (SSSR count). The summed E-state index contributed by atoms with van der Waals surface area (Å²) in [4.78, 5) is 24.1. The number of hydrogen-bond acceptors (Lipinski definition) is 5. The van der Waals surface area contributed by atoms with E-state index in [1.54, 1.807) is 25.1 Å². The van der Waals surface area contributed by atoms with E-state index in [-0.39, 0.29) is 23.6 Å². The Hall–Kier alpha value is -3.35. The summed E-state index contributed by atoms with van der Waals surface area (Å²) in [5, 5.41) is 16.3. The van der Waals surface area contributed by atoms with Gasteiger partial charge in [0.1, 0.15) is 11.5 Å². The third-order valence-electron chi connectivity index (χ3n) is 3.54. The van der Waals surface area contributed by atoms with E-state index in [0.717, 1.165) is 5.56 Å². The first-order chi connectivity index (χ1) is 12.4. The molecule has 0 aromatic heterocycles. The van der Waals surface area contributed by atoms with Gasteiger partial charge in [0.2, 0.25) is 5.91 Å². The van der Waals surface area contributed by atoms with Gasteiger partial charge in [-0.3, -0.25) is 9.59 Å². The highest BCUT2D eigenvalue weighted by Crippen LogP contribution is 2.25. The predicted molar refractivity (Wildman–Crippen MR) is 99.7 cm³/mol. The van der Waals surface area contributed by atoms with E-state index in [1.807, 2.05) is 19.1 Å². The fraction of sp³-hybridized carbons (Fsp3) is 0.211. The van der Waals surface area contributed by atoms with Gasteiger partial charge in [0, 0.05) is 5.71 Å². The molecule has 0 spiro atoms. The average molecular weight is 355 g/mol. The second-order valence-electron chi connectivity index (χ2n) is 5.73. The average Bonchev–Trinajstić information content (AvgIpc) is 2.60. The number of para-hydroxylation sites is 1.